The molecule has 2 aliphatic rings. The highest BCUT2D eigenvalue weighted by molar-refractivity contribution is 5.40. The molecule has 4 heteroatoms. The minimum Gasteiger partial charge on any atom is -0.355 e. The summed E-state index contributed by atoms with van der Waals surface area (Å²) in [6, 6.07) is 3.66. The molecule has 0 N–H and O–H groups in total. The van der Waals surface area contributed by atoms with Gasteiger partial charge >= 0.3 is 0 Å². The van der Waals surface area contributed by atoms with Gasteiger partial charge in [0, 0.05) is 36.9 Å². The predicted octanol–water partition coefficient (Wildman–Crippen LogP) is 2.02. The highest BCUT2D eigenvalue weighted by Gasteiger charge is 2.34. The Kier molecular flexibility index (Phi) is 3.44. The van der Waals surface area contributed by atoms with Gasteiger partial charge in [-0.2, -0.15) is 0 Å². The van der Waals surface area contributed by atoms with Crippen LogP contribution in [0.5, 0.6) is 0 Å². The Balaban J connectivity index is 1.84. The molecule has 3 rings (SSSR count). The molecule has 0 amide bonds. The lowest BCUT2D eigenvalue weighted by atomic mass is 10.1. The zero-order valence-corrected chi connectivity index (χ0v) is 12.3. The topological polar surface area (TPSA) is 32.3 Å². The molecule has 2 saturated heterocycles. The van der Waals surface area contributed by atoms with Gasteiger partial charge in [0.2, 0.25) is 0 Å². The number of hydrogen-bond acceptors (Lipinski definition) is 4. The maximum Gasteiger partial charge on any atom is 0.132 e. The number of anilines is 1. The molecule has 0 spiro atoms. The molecule has 3 heterocycles. The van der Waals surface area contributed by atoms with Gasteiger partial charge in [-0.3, -0.25) is 4.90 Å². The van der Waals surface area contributed by atoms with Crippen LogP contribution in [0.1, 0.15) is 37.7 Å². The first kappa shape index (κ1) is 12.9. The fraction of sp³-hybridized carbons (Fsp3) is 0.733. The first-order valence-electron chi connectivity index (χ1n) is 7.49. The maximum absolute atomic E-state index is 4.65. The van der Waals surface area contributed by atoms with E-state index in [9.17, 15) is 0 Å². The SMILES string of the molecule is CCc1cc(N2CCC3CCC(C2)N3C)nc(C)n1. The van der Waals surface area contributed by atoms with Gasteiger partial charge in [-0.25, -0.2) is 9.97 Å². The van der Waals surface area contributed by atoms with Crippen LogP contribution in [0.2, 0.25) is 0 Å². The van der Waals surface area contributed by atoms with Gasteiger partial charge in [-0.05, 0) is 39.7 Å². The minimum absolute atomic E-state index is 0.702. The number of hydrogen-bond donors (Lipinski definition) is 0. The van der Waals surface area contributed by atoms with Crippen molar-refractivity contribution in [2.45, 2.75) is 51.6 Å². The van der Waals surface area contributed by atoms with Crippen molar-refractivity contribution < 1.29 is 0 Å². The van der Waals surface area contributed by atoms with Crippen LogP contribution >= 0.6 is 0 Å². The molecule has 4 nitrogen and oxygen atoms in total. The maximum atomic E-state index is 4.65. The van der Waals surface area contributed by atoms with Crippen LogP contribution in [-0.2, 0) is 6.42 Å². The van der Waals surface area contributed by atoms with Gasteiger partial charge in [-0.1, -0.05) is 6.92 Å². The summed E-state index contributed by atoms with van der Waals surface area (Å²) in [5.41, 5.74) is 1.16. The van der Waals surface area contributed by atoms with E-state index in [-0.39, 0.29) is 0 Å². The normalized spacial score (nSPS) is 27.6. The van der Waals surface area contributed by atoms with E-state index in [1.807, 2.05) is 6.92 Å². The summed E-state index contributed by atoms with van der Waals surface area (Å²) in [7, 11) is 2.29. The van der Waals surface area contributed by atoms with Crippen LogP contribution in [0, 0.1) is 6.92 Å². The molecule has 2 fully saturated rings. The summed E-state index contributed by atoms with van der Waals surface area (Å²) >= 11 is 0. The summed E-state index contributed by atoms with van der Waals surface area (Å²) in [6.45, 7) is 6.40. The Morgan fingerprint density at radius 1 is 1.21 bits per heavy atom. The van der Waals surface area contributed by atoms with E-state index >= 15 is 0 Å². The van der Waals surface area contributed by atoms with E-state index in [0.717, 1.165) is 42.9 Å². The Morgan fingerprint density at radius 2 is 2.00 bits per heavy atom. The summed E-state index contributed by atoms with van der Waals surface area (Å²) in [4.78, 5) is 14.2. The van der Waals surface area contributed by atoms with Crippen molar-refractivity contribution in [3.8, 4) is 0 Å². The lowest BCUT2D eigenvalue weighted by Gasteiger charge is -2.27. The number of aryl methyl sites for hydroxylation is 2. The first-order valence-corrected chi connectivity index (χ1v) is 7.49. The van der Waals surface area contributed by atoms with Gasteiger partial charge in [-0.15, -0.1) is 0 Å². The van der Waals surface area contributed by atoms with E-state index in [1.54, 1.807) is 0 Å². The zero-order chi connectivity index (χ0) is 13.4. The van der Waals surface area contributed by atoms with Crippen molar-refractivity contribution >= 4 is 5.82 Å². The van der Waals surface area contributed by atoms with Crippen LogP contribution in [0.3, 0.4) is 0 Å². The van der Waals surface area contributed by atoms with Gasteiger partial charge in [0.25, 0.3) is 0 Å². The highest BCUT2D eigenvalue weighted by Crippen LogP contribution is 2.30. The van der Waals surface area contributed by atoms with Crippen LogP contribution in [0.25, 0.3) is 0 Å². The van der Waals surface area contributed by atoms with Crippen LogP contribution < -0.4 is 4.90 Å². The third-order valence-corrected chi connectivity index (χ3v) is 4.71. The molecule has 0 aliphatic carbocycles. The molecule has 0 saturated carbocycles. The molecule has 2 bridgehead atoms. The van der Waals surface area contributed by atoms with Crippen molar-refractivity contribution in [1.29, 1.82) is 0 Å². The molecular formula is C15H24N4. The Bertz CT molecular complexity index is 459. The Labute approximate surface area is 115 Å². The van der Waals surface area contributed by atoms with Crippen molar-refractivity contribution in [2.75, 3.05) is 25.0 Å². The zero-order valence-electron chi connectivity index (χ0n) is 12.3. The van der Waals surface area contributed by atoms with Crippen molar-refractivity contribution in [2.24, 2.45) is 0 Å². The summed E-state index contributed by atoms with van der Waals surface area (Å²) < 4.78 is 0. The molecule has 0 aromatic carbocycles. The summed E-state index contributed by atoms with van der Waals surface area (Å²) in [5, 5.41) is 0. The molecule has 19 heavy (non-hydrogen) atoms. The lowest BCUT2D eigenvalue weighted by molar-refractivity contribution is 0.254. The molecule has 104 valence electrons. The second kappa shape index (κ2) is 5.08. The third-order valence-electron chi connectivity index (χ3n) is 4.71. The third kappa shape index (κ3) is 2.46. The predicted molar refractivity (Wildman–Crippen MR) is 77.6 cm³/mol. The molecule has 2 atom stereocenters. The van der Waals surface area contributed by atoms with E-state index in [0.29, 0.717) is 6.04 Å². The minimum atomic E-state index is 0.702. The second-order valence-electron chi connectivity index (χ2n) is 5.90. The van der Waals surface area contributed by atoms with E-state index < -0.39 is 0 Å². The van der Waals surface area contributed by atoms with E-state index in [2.05, 4.69) is 39.8 Å². The smallest absolute Gasteiger partial charge is 0.132 e. The number of rotatable bonds is 2. The Hall–Kier alpha value is -1.16. The number of fused-ring (bicyclic) bond motifs is 2. The lowest BCUT2D eigenvalue weighted by Crippen LogP contribution is -2.37. The van der Waals surface area contributed by atoms with Gasteiger partial charge in [0.1, 0.15) is 11.6 Å². The van der Waals surface area contributed by atoms with Gasteiger partial charge < -0.3 is 4.90 Å². The number of likely N-dealkylation sites (N-methyl/N-ethyl adjacent to an activating group) is 1. The number of aromatic nitrogens is 2. The van der Waals surface area contributed by atoms with Crippen LogP contribution in [-0.4, -0.2) is 47.1 Å². The quantitative estimate of drug-likeness (QED) is 0.814. The molecule has 2 unspecified atom stereocenters. The molecule has 0 radical (unpaired) electrons. The summed E-state index contributed by atoms with van der Waals surface area (Å²) in [6.07, 6.45) is 4.95. The average molecular weight is 260 g/mol. The molecule has 1 aromatic rings. The van der Waals surface area contributed by atoms with E-state index in [4.69, 9.17) is 0 Å². The highest BCUT2D eigenvalue weighted by atomic mass is 15.3. The largest absolute Gasteiger partial charge is 0.355 e. The van der Waals surface area contributed by atoms with Crippen LogP contribution in [0.4, 0.5) is 5.82 Å². The van der Waals surface area contributed by atoms with Gasteiger partial charge in [0.15, 0.2) is 0 Å². The van der Waals surface area contributed by atoms with Gasteiger partial charge in [0.05, 0.1) is 0 Å². The fourth-order valence-electron chi connectivity index (χ4n) is 3.47. The monoisotopic (exact) mass is 260 g/mol. The standard InChI is InChI=1S/C15H24N4/c1-4-12-9-15(17-11(2)16-12)19-8-7-13-5-6-14(10-19)18(13)3/h9,13-14H,4-8,10H2,1-3H3. The van der Waals surface area contributed by atoms with Crippen molar-refractivity contribution in [3.63, 3.8) is 0 Å². The van der Waals surface area contributed by atoms with Crippen molar-refractivity contribution in [1.82, 2.24) is 14.9 Å². The fourth-order valence-corrected chi connectivity index (χ4v) is 3.47. The molecule has 1 aromatic heterocycles. The summed E-state index contributed by atoms with van der Waals surface area (Å²) in [5.74, 6) is 2.03. The van der Waals surface area contributed by atoms with Crippen molar-refractivity contribution in [3.05, 3.63) is 17.6 Å². The number of nitrogens with zero attached hydrogens (tertiary/aromatic N) is 4. The van der Waals surface area contributed by atoms with Crippen LogP contribution in [0.15, 0.2) is 6.07 Å². The Morgan fingerprint density at radius 3 is 2.79 bits per heavy atom. The average Bonchev–Trinajstić information content (AvgIpc) is 2.62. The van der Waals surface area contributed by atoms with E-state index in [1.165, 1.54) is 19.3 Å². The molecule has 2 aliphatic heterocycles. The molecular weight excluding hydrogens is 236 g/mol. The second-order valence-corrected chi connectivity index (χ2v) is 5.90. The first-order chi connectivity index (χ1) is 9.17.